The summed E-state index contributed by atoms with van der Waals surface area (Å²) in [5, 5.41) is 9.93. The fourth-order valence-electron chi connectivity index (χ4n) is 5.80. The zero-order chi connectivity index (χ0) is 30.7. The van der Waals surface area contributed by atoms with Gasteiger partial charge in [0.2, 0.25) is 0 Å². The zero-order valence-corrected chi connectivity index (χ0v) is 25.6. The maximum atomic E-state index is 14.6. The van der Waals surface area contributed by atoms with Crippen LogP contribution in [-0.4, -0.2) is 46.3 Å². The smallest absolute Gasteiger partial charge is 0.338 e. The van der Waals surface area contributed by atoms with E-state index in [4.69, 9.17) is 26.1 Å². The van der Waals surface area contributed by atoms with E-state index < -0.39 is 28.7 Å². The first-order valence-electron chi connectivity index (χ1n) is 14.1. The highest BCUT2D eigenvalue weighted by Crippen LogP contribution is 2.44. The lowest BCUT2D eigenvalue weighted by atomic mass is 9.76. The Morgan fingerprint density at radius 1 is 1.16 bits per heavy atom. The van der Waals surface area contributed by atoms with Crippen LogP contribution in [0.2, 0.25) is 5.02 Å². The second-order valence-electron chi connectivity index (χ2n) is 10.5. The third-order valence-electron chi connectivity index (χ3n) is 7.90. The quantitative estimate of drug-likeness (QED) is 0.227. The second-order valence-corrected chi connectivity index (χ2v) is 11.7. The molecule has 5 rings (SSSR count). The van der Waals surface area contributed by atoms with Crippen LogP contribution in [0, 0.1) is 24.5 Å². The number of rotatable bonds is 9. The standard InChI is InChI=1S/C30H32ClF2N5O4S/c1-4-42-30(40)23-26(18-7-5-17(6-8-18)20-15-38(37-16(20)2)13-11-22(39)41-3)35-28(29-34-12-14-43-29)36-27(23)19-9-10-21(32)25(33)24(19)31/h9-10,12,14-15,17-18,27H,4-8,11,13H2,1-3H3,(H,35,36). The number of nitrogens with zero attached hydrogens (tertiary/aromatic N) is 4. The third-order valence-corrected chi connectivity index (χ3v) is 9.06. The van der Waals surface area contributed by atoms with Crippen LogP contribution < -0.4 is 5.32 Å². The van der Waals surface area contributed by atoms with Crippen LogP contribution in [0.1, 0.15) is 72.8 Å². The number of nitrogens with one attached hydrogen (secondary N) is 1. The predicted molar refractivity (Wildman–Crippen MR) is 158 cm³/mol. The van der Waals surface area contributed by atoms with Crippen LogP contribution >= 0.6 is 22.9 Å². The molecule has 9 nitrogen and oxygen atoms in total. The average molecular weight is 632 g/mol. The number of carbonyl (C=O) groups is 2. The fraction of sp³-hybridized carbons (Fsp3) is 0.433. The first-order chi connectivity index (χ1) is 20.7. The van der Waals surface area contributed by atoms with Crippen LogP contribution in [0.3, 0.4) is 0 Å². The van der Waals surface area contributed by atoms with Crippen LogP contribution in [-0.2, 0) is 25.6 Å². The Morgan fingerprint density at radius 2 is 1.91 bits per heavy atom. The van der Waals surface area contributed by atoms with Crippen molar-refractivity contribution >= 4 is 40.7 Å². The van der Waals surface area contributed by atoms with Crippen LogP contribution in [0.4, 0.5) is 8.78 Å². The van der Waals surface area contributed by atoms with Gasteiger partial charge in [-0.05, 0) is 63.0 Å². The van der Waals surface area contributed by atoms with Gasteiger partial charge in [-0.15, -0.1) is 11.3 Å². The van der Waals surface area contributed by atoms with Gasteiger partial charge in [0, 0.05) is 29.0 Å². The molecule has 3 aromatic rings. The van der Waals surface area contributed by atoms with Crippen molar-refractivity contribution in [1.82, 2.24) is 20.1 Å². The van der Waals surface area contributed by atoms with Crippen molar-refractivity contribution in [3.8, 4) is 0 Å². The van der Waals surface area contributed by atoms with Gasteiger partial charge in [0.25, 0.3) is 0 Å². The van der Waals surface area contributed by atoms with E-state index in [9.17, 15) is 18.4 Å². The Morgan fingerprint density at radius 3 is 2.58 bits per heavy atom. The van der Waals surface area contributed by atoms with Crippen molar-refractivity contribution in [2.45, 2.75) is 64.5 Å². The van der Waals surface area contributed by atoms with Crippen molar-refractivity contribution in [2.24, 2.45) is 10.9 Å². The SMILES string of the molecule is CCOC(=O)C1=C(C2CCC(c3cn(CCC(=O)OC)nc3C)CC2)NC(c2nccs2)=NC1c1ccc(F)c(F)c1Cl. The molecule has 0 saturated heterocycles. The van der Waals surface area contributed by atoms with Crippen molar-refractivity contribution in [1.29, 1.82) is 0 Å². The summed E-state index contributed by atoms with van der Waals surface area (Å²) in [7, 11) is 1.37. The predicted octanol–water partition coefficient (Wildman–Crippen LogP) is 6.03. The molecule has 13 heteroatoms. The van der Waals surface area contributed by atoms with E-state index in [1.54, 1.807) is 17.8 Å². The van der Waals surface area contributed by atoms with Gasteiger partial charge in [-0.1, -0.05) is 17.7 Å². The van der Waals surface area contributed by atoms with Gasteiger partial charge in [-0.2, -0.15) is 5.10 Å². The number of methoxy groups -OCH3 is 1. The molecule has 2 aromatic heterocycles. The second kappa shape index (κ2) is 13.3. The minimum absolute atomic E-state index is 0.0673. The lowest BCUT2D eigenvalue weighted by molar-refractivity contribution is -0.141. The number of aryl methyl sites for hydroxylation is 2. The van der Waals surface area contributed by atoms with E-state index >= 15 is 0 Å². The Balaban J connectivity index is 1.47. The van der Waals surface area contributed by atoms with E-state index in [1.807, 2.05) is 18.5 Å². The van der Waals surface area contributed by atoms with Crippen molar-refractivity contribution in [3.63, 3.8) is 0 Å². The molecule has 1 aliphatic carbocycles. The summed E-state index contributed by atoms with van der Waals surface area (Å²) >= 11 is 7.68. The minimum Gasteiger partial charge on any atom is -0.469 e. The summed E-state index contributed by atoms with van der Waals surface area (Å²) in [4.78, 5) is 34.2. The van der Waals surface area contributed by atoms with Gasteiger partial charge in [0.15, 0.2) is 22.5 Å². The average Bonchev–Trinajstić information content (AvgIpc) is 3.68. The third kappa shape index (κ3) is 6.50. The normalized spacial score (nSPS) is 20.4. The monoisotopic (exact) mass is 631 g/mol. The number of amidine groups is 1. The number of aliphatic imine (C=N–C) groups is 1. The van der Waals surface area contributed by atoms with Crippen LogP contribution in [0.25, 0.3) is 0 Å². The molecular weight excluding hydrogens is 600 g/mol. The Bertz CT molecular complexity index is 1560. The summed E-state index contributed by atoms with van der Waals surface area (Å²) < 4.78 is 40.7. The maximum Gasteiger partial charge on any atom is 0.338 e. The summed E-state index contributed by atoms with van der Waals surface area (Å²) in [6.07, 6.45) is 7.03. The number of ether oxygens (including phenoxy) is 2. The minimum atomic E-state index is -1.20. The molecular formula is C30H32ClF2N5O4S. The van der Waals surface area contributed by atoms with Gasteiger partial charge in [-0.3, -0.25) is 14.5 Å². The molecule has 1 N–H and O–H groups in total. The number of benzene rings is 1. The molecule has 0 bridgehead atoms. The summed E-state index contributed by atoms with van der Waals surface area (Å²) in [5.41, 5.74) is 3.08. The van der Waals surface area contributed by atoms with E-state index in [0.717, 1.165) is 43.0 Å². The first-order valence-corrected chi connectivity index (χ1v) is 15.4. The van der Waals surface area contributed by atoms with Crippen molar-refractivity contribution in [2.75, 3.05) is 13.7 Å². The van der Waals surface area contributed by atoms with Gasteiger partial charge < -0.3 is 14.8 Å². The van der Waals surface area contributed by atoms with Gasteiger partial charge >= 0.3 is 11.9 Å². The van der Waals surface area contributed by atoms with Crippen molar-refractivity contribution in [3.05, 3.63) is 79.7 Å². The molecule has 1 fully saturated rings. The molecule has 1 aromatic carbocycles. The van der Waals surface area contributed by atoms with E-state index in [0.29, 0.717) is 23.1 Å². The number of carbonyl (C=O) groups excluding carboxylic acids is 2. The highest BCUT2D eigenvalue weighted by atomic mass is 35.5. The first kappa shape index (κ1) is 30.8. The lowest BCUT2D eigenvalue weighted by Crippen LogP contribution is -2.38. The van der Waals surface area contributed by atoms with Crippen LogP contribution in [0.15, 0.2) is 46.2 Å². The highest BCUT2D eigenvalue weighted by molar-refractivity contribution is 7.11. The van der Waals surface area contributed by atoms with E-state index in [-0.39, 0.29) is 42.0 Å². The van der Waals surface area contributed by atoms with Gasteiger partial charge in [-0.25, -0.2) is 18.6 Å². The largest absolute Gasteiger partial charge is 0.469 e. The molecule has 0 amide bonds. The highest BCUT2D eigenvalue weighted by Gasteiger charge is 2.39. The Kier molecular flexibility index (Phi) is 9.55. The molecule has 2 aliphatic rings. The van der Waals surface area contributed by atoms with Crippen molar-refractivity contribution < 1.29 is 27.8 Å². The van der Waals surface area contributed by atoms with Gasteiger partial charge in [0.05, 0.1) is 43.0 Å². The number of esters is 2. The summed E-state index contributed by atoms with van der Waals surface area (Å²) in [6.45, 7) is 4.24. The van der Waals surface area contributed by atoms with E-state index in [1.165, 1.54) is 24.5 Å². The fourth-order valence-corrected chi connectivity index (χ4v) is 6.64. The Labute approximate surface area is 257 Å². The molecule has 1 atom stereocenters. The number of allylic oxidation sites excluding steroid dienone is 1. The molecule has 228 valence electrons. The number of aromatic nitrogens is 3. The number of hydrogen-bond acceptors (Lipinski definition) is 9. The molecule has 1 unspecified atom stereocenters. The van der Waals surface area contributed by atoms with E-state index in [2.05, 4.69) is 15.4 Å². The topological polar surface area (TPSA) is 108 Å². The number of halogens is 3. The summed E-state index contributed by atoms with van der Waals surface area (Å²) in [6, 6.07) is 1.32. The van der Waals surface area contributed by atoms with Gasteiger partial charge in [0.1, 0.15) is 6.04 Å². The molecule has 0 spiro atoms. The molecule has 1 aliphatic heterocycles. The number of hydrogen-bond donors (Lipinski definition) is 1. The summed E-state index contributed by atoms with van der Waals surface area (Å²) in [5.74, 6) is -2.56. The molecule has 1 saturated carbocycles. The lowest BCUT2D eigenvalue weighted by Gasteiger charge is -2.35. The molecule has 43 heavy (non-hydrogen) atoms. The Hall–Kier alpha value is -3.64. The molecule has 3 heterocycles. The zero-order valence-electron chi connectivity index (χ0n) is 24.0. The maximum absolute atomic E-state index is 14.6. The van der Waals surface area contributed by atoms with Crippen LogP contribution in [0.5, 0.6) is 0 Å². The molecule has 0 radical (unpaired) electrons. The number of thiazole rings is 1.